The molecule has 0 amide bonds. The van der Waals surface area contributed by atoms with Crippen molar-refractivity contribution in [3.8, 4) is 0 Å². The molecule has 0 rings (SSSR count). The molecule has 0 saturated heterocycles. The Labute approximate surface area is 88.1 Å². The number of thiol groups is 1. The summed E-state index contributed by atoms with van der Waals surface area (Å²) in [6.45, 7) is 5.21. The molecular formula is C10H23NOS. The summed E-state index contributed by atoms with van der Waals surface area (Å²) in [6.07, 6.45) is 2.53. The Morgan fingerprint density at radius 1 is 1.46 bits per heavy atom. The van der Waals surface area contributed by atoms with E-state index in [1.807, 2.05) is 0 Å². The Morgan fingerprint density at radius 3 is 2.62 bits per heavy atom. The zero-order valence-electron chi connectivity index (χ0n) is 9.12. The van der Waals surface area contributed by atoms with Gasteiger partial charge in [0.1, 0.15) is 0 Å². The molecule has 1 unspecified atom stereocenters. The van der Waals surface area contributed by atoms with E-state index in [9.17, 15) is 0 Å². The first kappa shape index (κ1) is 13.3. The molecular weight excluding hydrogens is 182 g/mol. The standard InChI is InChI=1S/C10H23NOS/c1-4-5-10(9-13)8-11(2)6-7-12-3/h10,13H,4-9H2,1-3H3. The van der Waals surface area contributed by atoms with E-state index >= 15 is 0 Å². The van der Waals surface area contributed by atoms with Crippen LogP contribution in [0.4, 0.5) is 0 Å². The molecule has 0 aliphatic rings. The maximum absolute atomic E-state index is 5.03. The van der Waals surface area contributed by atoms with Gasteiger partial charge in [0.15, 0.2) is 0 Å². The third kappa shape index (κ3) is 7.35. The molecule has 0 aromatic rings. The lowest BCUT2D eigenvalue weighted by atomic mass is 10.1. The van der Waals surface area contributed by atoms with E-state index < -0.39 is 0 Å². The van der Waals surface area contributed by atoms with Gasteiger partial charge in [-0.15, -0.1) is 0 Å². The highest BCUT2D eigenvalue weighted by molar-refractivity contribution is 7.80. The number of rotatable bonds is 8. The van der Waals surface area contributed by atoms with Gasteiger partial charge in [-0.3, -0.25) is 0 Å². The number of hydrogen-bond acceptors (Lipinski definition) is 3. The fraction of sp³-hybridized carbons (Fsp3) is 1.00. The molecule has 0 saturated carbocycles. The zero-order valence-corrected chi connectivity index (χ0v) is 10.0. The Hall–Kier alpha value is 0.270. The third-order valence-electron chi connectivity index (χ3n) is 2.20. The van der Waals surface area contributed by atoms with Crippen molar-refractivity contribution in [2.24, 2.45) is 5.92 Å². The van der Waals surface area contributed by atoms with Crippen molar-refractivity contribution in [1.29, 1.82) is 0 Å². The molecule has 80 valence electrons. The monoisotopic (exact) mass is 205 g/mol. The maximum atomic E-state index is 5.03. The fourth-order valence-corrected chi connectivity index (χ4v) is 1.73. The number of methoxy groups -OCH3 is 1. The highest BCUT2D eigenvalue weighted by Gasteiger charge is 2.08. The number of hydrogen-bond donors (Lipinski definition) is 1. The highest BCUT2D eigenvalue weighted by Crippen LogP contribution is 2.09. The van der Waals surface area contributed by atoms with Gasteiger partial charge < -0.3 is 9.64 Å². The summed E-state index contributed by atoms with van der Waals surface area (Å²) < 4.78 is 5.03. The first-order chi connectivity index (χ1) is 6.24. The minimum atomic E-state index is 0.732. The van der Waals surface area contributed by atoms with E-state index in [1.165, 1.54) is 12.8 Å². The van der Waals surface area contributed by atoms with Crippen molar-refractivity contribution in [1.82, 2.24) is 4.90 Å². The van der Waals surface area contributed by atoms with Crippen molar-refractivity contribution in [3.63, 3.8) is 0 Å². The van der Waals surface area contributed by atoms with Crippen molar-refractivity contribution >= 4 is 12.6 Å². The van der Waals surface area contributed by atoms with E-state index in [-0.39, 0.29) is 0 Å². The van der Waals surface area contributed by atoms with E-state index in [0.717, 1.165) is 31.4 Å². The van der Waals surface area contributed by atoms with E-state index in [4.69, 9.17) is 4.74 Å². The minimum absolute atomic E-state index is 0.732. The summed E-state index contributed by atoms with van der Waals surface area (Å²) in [5, 5.41) is 0. The first-order valence-corrected chi connectivity index (χ1v) is 5.66. The van der Waals surface area contributed by atoms with Crippen LogP contribution >= 0.6 is 12.6 Å². The summed E-state index contributed by atoms with van der Waals surface area (Å²) in [6, 6.07) is 0. The molecule has 0 aliphatic carbocycles. The summed E-state index contributed by atoms with van der Waals surface area (Å²) in [4.78, 5) is 2.32. The molecule has 3 heteroatoms. The van der Waals surface area contributed by atoms with Crippen LogP contribution in [0.25, 0.3) is 0 Å². The van der Waals surface area contributed by atoms with Crippen molar-refractivity contribution in [3.05, 3.63) is 0 Å². The molecule has 0 fully saturated rings. The van der Waals surface area contributed by atoms with Gasteiger partial charge in [-0.2, -0.15) is 12.6 Å². The molecule has 13 heavy (non-hydrogen) atoms. The van der Waals surface area contributed by atoms with Crippen LogP contribution in [0.2, 0.25) is 0 Å². The molecule has 0 aliphatic heterocycles. The second kappa shape index (κ2) is 8.85. The lowest BCUT2D eigenvalue weighted by molar-refractivity contribution is 0.153. The number of nitrogens with zero attached hydrogens (tertiary/aromatic N) is 1. The van der Waals surface area contributed by atoms with Crippen LogP contribution in [-0.4, -0.2) is 44.5 Å². The second-order valence-electron chi connectivity index (χ2n) is 3.59. The molecule has 0 bridgehead atoms. The molecule has 0 heterocycles. The van der Waals surface area contributed by atoms with Crippen LogP contribution in [0.5, 0.6) is 0 Å². The Balaban J connectivity index is 3.53. The lowest BCUT2D eigenvalue weighted by Gasteiger charge is -2.22. The van der Waals surface area contributed by atoms with Gasteiger partial charge in [0.2, 0.25) is 0 Å². The van der Waals surface area contributed by atoms with E-state index in [0.29, 0.717) is 0 Å². The van der Waals surface area contributed by atoms with Crippen LogP contribution in [0.3, 0.4) is 0 Å². The average molecular weight is 205 g/mol. The van der Waals surface area contributed by atoms with Gasteiger partial charge in [0.25, 0.3) is 0 Å². The molecule has 0 spiro atoms. The van der Waals surface area contributed by atoms with Crippen molar-refractivity contribution in [2.75, 3.05) is 39.6 Å². The Bertz CT molecular complexity index is 111. The molecule has 0 aromatic heterocycles. The van der Waals surface area contributed by atoms with Crippen LogP contribution < -0.4 is 0 Å². The smallest absolute Gasteiger partial charge is 0.0589 e. The molecule has 2 nitrogen and oxygen atoms in total. The molecule has 0 N–H and O–H groups in total. The van der Waals surface area contributed by atoms with Crippen LogP contribution in [0.15, 0.2) is 0 Å². The van der Waals surface area contributed by atoms with Crippen molar-refractivity contribution < 1.29 is 4.74 Å². The Morgan fingerprint density at radius 2 is 2.15 bits per heavy atom. The van der Waals surface area contributed by atoms with Gasteiger partial charge in [-0.25, -0.2) is 0 Å². The average Bonchev–Trinajstić information content (AvgIpc) is 2.14. The molecule has 1 atom stereocenters. The van der Waals surface area contributed by atoms with E-state index in [2.05, 4.69) is 31.5 Å². The number of ether oxygens (including phenoxy) is 1. The quantitative estimate of drug-likeness (QED) is 0.608. The largest absolute Gasteiger partial charge is 0.383 e. The van der Waals surface area contributed by atoms with Crippen molar-refractivity contribution in [2.45, 2.75) is 19.8 Å². The Kier molecular flexibility index (Phi) is 9.03. The lowest BCUT2D eigenvalue weighted by Crippen LogP contribution is -2.29. The first-order valence-electron chi connectivity index (χ1n) is 5.02. The fourth-order valence-electron chi connectivity index (χ4n) is 1.43. The van der Waals surface area contributed by atoms with Gasteiger partial charge >= 0.3 is 0 Å². The van der Waals surface area contributed by atoms with Crippen LogP contribution in [0.1, 0.15) is 19.8 Å². The molecule has 0 radical (unpaired) electrons. The topological polar surface area (TPSA) is 12.5 Å². The van der Waals surface area contributed by atoms with Gasteiger partial charge in [-0.1, -0.05) is 13.3 Å². The predicted molar refractivity (Wildman–Crippen MR) is 61.6 cm³/mol. The van der Waals surface area contributed by atoms with Crippen LogP contribution in [0, 0.1) is 5.92 Å². The minimum Gasteiger partial charge on any atom is -0.383 e. The SMILES string of the molecule is CCCC(CS)CN(C)CCOC. The van der Waals surface area contributed by atoms with Gasteiger partial charge in [0, 0.05) is 20.2 Å². The summed E-state index contributed by atoms with van der Waals surface area (Å²) >= 11 is 4.36. The molecule has 0 aromatic carbocycles. The normalized spacial score (nSPS) is 13.6. The van der Waals surface area contributed by atoms with Gasteiger partial charge in [-0.05, 0) is 25.1 Å². The summed E-state index contributed by atoms with van der Waals surface area (Å²) in [7, 11) is 3.89. The predicted octanol–water partition coefficient (Wildman–Crippen LogP) is 1.91. The van der Waals surface area contributed by atoms with Crippen LogP contribution in [-0.2, 0) is 4.74 Å². The third-order valence-corrected chi connectivity index (χ3v) is 2.72. The maximum Gasteiger partial charge on any atom is 0.0589 e. The zero-order chi connectivity index (χ0) is 10.1. The highest BCUT2D eigenvalue weighted by atomic mass is 32.1. The van der Waals surface area contributed by atoms with E-state index in [1.54, 1.807) is 7.11 Å². The second-order valence-corrected chi connectivity index (χ2v) is 3.96. The summed E-state index contributed by atoms with van der Waals surface area (Å²) in [5.74, 6) is 1.72. The summed E-state index contributed by atoms with van der Waals surface area (Å²) in [5.41, 5.74) is 0. The van der Waals surface area contributed by atoms with Gasteiger partial charge in [0.05, 0.1) is 6.61 Å². The number of likely N-dealkylation sites (N-methyl/N-ethyl adjacent to an activating group) is 1.